The van der Waals surface area contributed by atoms with Crippen LogP contribution in [0, 0.1) is 17.8 Å². The van der Waals surface area contributed by atoms with E-state index in [-0.39, 0.29) is 0 Å². The molecule has 3 nitrogen and oxygen atoms in total. The van der Waals surface area contributed by atoms with Gasteiger partial charge < -0.3 is 5.32 Å². The lowest BCUT2D eigenvalue weighted by molar-refractivity contribution is 0.258. The van der Waals surface area contributed by atoms with Crippen molar-refractivity contribution in [1.82, 2.24) is 15.1 Å². The van der Waals surface area contributed by atoms with Gasteiger partial charge in [-0.3, -0.25) is 4.68 Å². The molecule has 0 aromatic carbocycles. The van der Waals surface area contributed by atoms with E-state index in [0.717, 1.165) is 30.7 Å². The zero-order valence-electron chi connectivity index (χ0n) is 12.5. The number of nitrogens with zero attached hydrogens (tertiary/aromatic N) is 2. The van der Waals surface area contributed by atoms with Crippen LogP contribution >= 0.6 is 0 Å². The lowest BCUT2D eigenvalue weighted by Crippen LogP contribution is -2.36. The molecule has 19 heavy (non-hydrogen) atoms. The molecule has 0 radical (unpaired) electrons. The fourth-order valence-corrected chi connectivity index (χ4v) is 4.23. The Morgan fingerprint density at radius 1 is 1.42 bits per heavy atom. The quantitative estimate of drug-likeness (QED) is 0.883. The molecule has 0 amide bonds. The molecule has 2 bridgehead atoms. The summed E-state index contributed by atoms with van der Waals surface area (Å²) in [6, 6.07) is 2.89. The Bertz CT molecular complexity index is 437. The number of hydrogen-bond acceptors (Lipinski definition) is 2. The van der Waals surface area contributed by atoms with Gasteiger partial charge in [0.25, 0.3) is 0 Å². The molecule has 0 aliphatic heterocycles. The molecular weight excluding hydrogens is 234 g/mol. The summed E-state index contributed by atoms with van der Waals surface area (Å²) in [4.78, 5) is 0. The van der Waals surface area contributed by atoms with Crippen molar-refractivity contribution in [1.29, 1.82) is 0 Å². The molecule has 2 fully saturated rings. The predicted octanol–water partition coefficient (Wildman–Crippen LogP) is 2.90. The zero-order valence-corrected chi connectivity index (χ0v) is 12.5. The summed E-state index contributed by atoms with van der Waals surface area (Å²) >= 11 is 0. The number of aryl methyl sites for hydroxylation is 2. The highest BCUT2D eigenvalue weighted by Gasteiger charge is 2.41. The maximum atomic E-state index is 4.52. The summed E-state index contributed by atoms with van der Waals surface area (Å²) in [6.45, 7) is 5.50. The van der Waals surface area contributed by atoms with Gasteiger partial charge in [-0.15, -0.1) is 0 Å². The smallest absolute Gasteiger partial charge is 0.0625 e. The first-order valence-corrected chi connectivity index (χ1v) is 7.92. The molecule has 3 rings (SSSR count). The minimum Gasteiger partial charge on any atom is -0.308 e. The summed E-state index contributed by atoms with van der Waals surface area (Å²) in [6.07, 6.45) is 6.96. The van der Waals surface area contributed by atoms with Gasteiger partial charge in [-0.1, -0.05) is 13.3 Å². The van der Waals surface area contributed by atoms with Crippen molar-refractivity contribution in [3.8, 4) is 0 Å². The normalized spacial score (nSPS) is 31.0. The van der Waals surface area contributed by atoms with Crippen LogP contribution in [0.2, 0.25) is 0 Å². The van der Waals surface area contributed by atoms with Crippen molar-refractivity contribution in [3.05, 3.63) is 17.5 Å². The minimum absolute atomic E-state index is 0.648. The second-order valence-corrected chi connectivity index (χ2v) is 6.61. The van der Waals surface area contributed by atoms with Crippen molar-refractivity contribution in [3.63, 3.8) is 0 Å². The van der Waals surface area contributed by atoms with Crippen LogP contribution in [0.3, 0.4) is 0 Å². The second kappa shape index (κ2) is 5.28. The minimum atomic E-state index is 0.648. The molecule has 1 heterocycles. The van der Waals surface area contributed by atoms with E-state index in [1.807, 2.05) is 4.68 Å². The van der Waals surface area contributed by atoms with Gasteiger partial charge in [0, 0.05) is 19.6 Å². The summed E-state index contributed by atoms with van der Waals surface area (Å²) in [5.74, 6) is 2.96. The largest absolute Gasteiger partial charge is 0.308 e. The van der Waals surface area contributed by atoms with E-state index in [1.165, 1.54) is 37.1 Å². The summed E-state index contributed by atoms with van der Waals surface area (Å²) in [7, 11) is 2.05. The van der Waals surface area contributed by atoms with E-state index < -0.39 is 0 Å². The highest BCUT2D eigenvalue weighted by atomic mass is 15.3. The third kappa shape index (κ3) is 2.58. The molecule has 4 atom stereocenters. The van der Waals surface area contributed by atoms with Crippen LogP contribution in [0.25, 0.3) is 0 Å². The van der Waals surface area contributed by atoms with Crippen molar-refractivity contribution in [2.24, 2.45) is 24.8 Å². The SMILES string of the molecule is CCc1cc(CNC(C)C2CC3CCC2C3)n(C)n1. The molecule has 0 saturated heterocycles. The standard InChI is InChI=1S/C16H27N3/c1-4-14-9-15(19(3)18-14)10-17-11(2)16-8-12-5-6-13(16)7-12/h9,11-13,16-17H,4-8,10H2,1-3H3. The number of nitrogens with one attached hydrogen (secondary N) is 1. The molecular formula is C16H27N3. The van der Waals surface area contributed by atoms with Crippen molar-refractivity contribution < 1.29 is 0 Å². The first-order chi connectivity index (χ1) is 9.17. The van der Waals surface area contributed by atoms with Crippen LogP contribution < -0.4 is 5.32 Å². The van der Waals surface area contributed by atoms with Gasteiger partial charge in [0.2, 0.25) is 0 Å². The first kappa shape index (κ1) is 13.2. The number of aromatic nitrogens is 2. The van der Waals surface area contributed by atoms with Gasteiger partial charge in [0.05, 0.1) is 11.4 Å². The number of fused-ring (bicyclic) bond motifs is 2. The molecule has 106 valence electrons. The molecule has 2 aliphatic carbocycles. The Hall–Kier alpha value is -0.830. The van der Waals surface area contributed by atoms with Gasteiger partial charge >= 0.3 is 0 Å². The molecule has 4 unspecified atom stereocenters. The Morgan fingerprint density at radius 3 is 2.84 bits per heavy atom. The van der Waals surface area contributed by atoms with Gasteiger partial charge in [-0.25, -0.2) is 0 Å². The van der Waals surface area contributed by atoms with E-state index in [0.29, 0.717) is 6.04 Å². The monoisotopic (exact) mass is 261 g/mol. The third-order valence-corrected chi connectivity index (χ3v) is 5.43. The van der Waals surface area contributed by atoms with E-state index >= 15 is 0 Å². The predicted molar refractivity (Wildman–Crippen MR) is 77.8 cm³/mol. The van der Waals surface area contributed by atoms with E-state index in [4.69, 9.17) is 0 Å². The molecule has 0 spiro atoms. The zero-order chi connectivity index (χ0) is 13.4. The Labute approximate surface area is 116 Å². The number of rotatable bonds is 5. The lowest BCUT2D eigenvalue weighted by atomic mass is 9.84. The summed E-state index contributed by atoms with van der Waals surface area (Å²) in [5, 5.41) is 8.26. The fourth-order valence-electron chi connectivity index (χ4n) is 4.23. The number of hydrogen-bond donors (Lipinski definition) is 1. The fraction of sp³-hybridized carbons (Fsp3) is 0.812. The topological polar surface area (TPSA) is 29.9 Å². The van der Waals surface area contributed by atoms with Crippen LogP contribution in [-0.4, -0.2) is 15.8 Å². The Morgan fingerprint density at radius 2 is 2.26 bits per heavy atom. The average molecular weight is 261 g/mol. The van der Waals surface area contributed by atoms with Gasteiger partial charge in [0.15, 0.2) is 0 Å². The van der Waals surface area contributed by atoms with E-state index in [9.17, 15) is 0 Å². The van der Waals surface area contributed by atoms with Crippen molar-refractivity contribution >= 4 is 0 Å². The maximum Gasteiger partial charge on any atom is 0.0625 e. The van der Waals surface area contributed by atoms with Crippen LogP contribution in [0.5, 0.6) is 0 Å². The summed E-state index contributed by atoms with van der Waals surface area (Å²) in [5.41, 5.74) is 2.51. The molecule has 2 saturated carbocycles. The van der Waals surface area contributed by atoms with Crippen LogP contribution in [0.4, 0.5) is 0 Å². The van der Waals surface area contributed by atoms with Crippen LogP contribution in [-0.2, 0) is 20.0 Å². The molecule has 3 heteroatoms. The van der Waals surface area contributed by atoms with Gasteiger partial charge in [0.1, 0.15) is 0 Å². The maximum absolute atomic E-state index is 4.52. The third-order valence-electron chi connectivity index (χ3n) is 5.43. The van der Waals surface area contributed by atoms with Crippen molar-refractivity contribution in [2.75, 3.05) is 0 Å². The highest BCUT2D eigenvalue weighted by Crippen LogP contribution is 2.49. The Kier molecular flexibility index (Phi) is 3.66. The average Bonchev–Trinajstić information content (AvgIpc) is 3.10. The highest BCUT2D eigenvalue weighted by molar-refractivity contribution is 5.10. The van der Waals surface area contributed by atoms with Gasteiger partial charge in [-0.2, -0.15) is 5.10 Å². The van der Waals surface area contributed by atoms with E-state index in [1.54, 1.807) is 0 Å². The first-order valence-electron chi connectivity index (χ1n) is 7.92. The molecule has 2 aliphatic rings. The lowest BCUT2D eigenvalue weighted by Gasteiger charge is -2.28. The summed E-state index contributed by atoms with van der Waals surface area (Å²) < 4.78 is 2.03. The molecule has 1 N–H and O–H groups in total. The molecule has 1 aromatic rings. The van der Waals surface area contributed by atoms with Crippen molar-refractivity contribution in [2.45, 2.75) is 58.5 Å². The van der Waals surface area contributed by atoms with Gasteiger partial charge in [-0.05, 0) is 56.4 Å². The molecule has 1 aromatic heterocycles. The Balaban J connectivity index is 1.55. The second-order valence-electron chi connectivity index (χ2n) is 6.61. The van der Waals surface area contributed by atoms with Crippen LogP contribution in [0.15, 0.2) is 6.07 Å². The van der Waals surface area contributed by atoms with E-state index in [2.05, 4.69) is 37.4 Å². The van der Waals surface area contributed by atoms with Crippen LogP contribution in [0.1, 0.15) is 50.9 Å².